The van der Waals surface area contributed by atoms with Crippen LogP contribution in [0.2, 0.25) is 0 Å². The van der Waals surface area contributed by atoms with Gasteiger partial charge in [0.15, 0.2) is 0 Å². The summed E-state index contributed by atoms with van der Waals surface area (Å²) in [5.41, 5.74) is 3.62. The van der Waals surface area contributed by atoms with E-state index in [9.17, 15) is 4.79 Å². The van der Waals surface area contributed by atoms with Gasteiger partial charge < -0.3 is 19.9 Å². The molecule has 2 aromatic heterocycles. The number of fused-ring (bicyclic) bond motifs is 1. The molecule has 0 saturated heterocycles. The molecular formula is C20H21N5O2. The zero-order chi connectivity index (χ0) is 18.8. The molecule has 0 spiro atoms. The molecule has 1 aliphatic heterocycles. The largest absolute Gasteiger partial charge is 0.497 e. The standard InChI is InChI=1S/C20H21N5O2/c1-21-19-15(4-3-9-22-19)20(26)25-10-16(18-17(11-25)23-12-24-18)13-5-7-14(27-2)8-6-13/h3-9,12,16H,10-11H2,1-2H3,(H,21,22)(H,23,24). The highest BCUT2D eigenvalue weighted by atomic mass is 16.5. The van der Waals surface area contributed by atoms with Gasteiger partial charge in [0, 0.05) is 25.7 Å². The molecule has 2 N–H and O–H groups in total. The number of rotatable bonds is 4. The second-order valence-electron chi connectivity index (χ2n) is 6.43. The number of imidazole rings is 1. The van der Waals surface area contributed by atoms with Crippen LogP contribution in [0, 0.1) is 0 Å². The number of nitrogens with zero attached hydrogens (tertiary/aromatic N) is 3. The van der Waals surface area contributed by atoms with Crippen LogP contribution in [0.3, 0.4) is 0 Å². The number of aromatic nitrogens is 3. The van der Waals surface area contributed by atoms with Crippen molar-refractivity contribution in [2.24, 2.45) is 0 Å². The van der Waals surface area contributed by atoms with Crippen molar-refractivity contribution in [3.63, 3.8) is 0 Å². The number of H-pyrrole nitrogens is 1. The van der Waals surface area contributed by atoms with Crippen LogP contribution in [0.4, 0.5) is 5.82 Å². The van der Waals surface area contributed by atoms with E-state index < -0.39 is 0 Å². The molecule has 0 bridgehead atoms. The predicted octanol–water partition coefficient (Wildman–Crippen LogP) is 2.64. The molecule has 0 fully saturated rings. The van der Waals surface area contributed by atoms with Crippen molar-refractivity contribution in [3.8, 4) is 5.75 Å². The molecule has 1 aliphatic rings. The first-order valence-corrected chi connectivity index (χ1v) is 8.79. The molecule has 138 valence electrons. The molecular weight excluding hydrogens is 342 g/mol. The van der Waals surface area contributed by atoms with E-state index in [1.54, 1.807) is 38.8 Å². The summed E-state index contributed by atoms with van der Waals surface area (Å²) in [7, 11) is 3.41. The summed E-state index contributed by atoms with van der Waals surface area (Å²) in [6.45, 7) is 1.06. The summed E-state index contributed by atoms with van der Waals surface area (Å²) in [4.78, 5) is 27.0. The molecule has 4 rings (SSSR count). The summed E-state index contributed by atoms with van der Waals surface area (Å²) >= 11 is 0. The number of ether oxygens (including phenoxy) is 1. The van der Waals surface area contributed by atoms with Gasteiger partial charge in [0.25, 0.3) is 5.91 Å². The van der Waals surface area contributed by atoms with Crippen molar-refractivity contribution in [3.05, 3.63) is 71.4 Å². The lowest BCUT2D eigenvalue weighted by Crippen LogP contribution is -2.39. The summed E-state index contributed by atoms with van der Waals surface area (Å²) < 4.78 is 5.25. The van der Waals surface area contributed by atoms with Gasteiger partial charge in [-0.1, -0.05) is 12.1 Å². The Labute approximate surface area is 157 Å². The van der Waals surface area contributed by atoms with E-state index in [1.807, 2.05) is 29.2 Å². The van der Waals surface area contributed by atoms with Gasteiger partial charge in [-0.2, -0.15) is 0 Å². The Balaban J connectivity index is 1.67. The maximum atomic E-state index is 13.2. The number of hydrogen-bond acceptors (Lipinski definition) is 5. The van der Waals surface area contributed by atoms with Crippen molar-refractivity contribution in [1.29, 1.82) is 0 Å². The summed E-state index contributed by atoms with van der Waals surface area (Å²) in [5, 5.41) is 2.99. The van der Waals surface area contributed by atoms with E-state index in [4.69, 9.17) is 4.74 Å². The molecule has 0 radical (unpaired) electrons. The predicted molar refractivity (Wildman–Crippen MR) is 102 cm³/mol. The van der Waals surface area contributed by atoms with Crippen LogP contribution >= 0.6 is 0 Å². The Bertz CT molecular complexity index is 951. The van der Waals surface area contributed by atoms with E-state index >= 15 is 0 Å². The molecule has 1 aromatic carbocycles. The maximum Gasteiger partial charge on any atom is 0.257 e. The number of anilines is 1. The molecule has 1 atom stereocenters. The highest BCUT2D eigenvalue weighted by Crippen LogP contribution is 2.33. The Morgan fingerprint density at radius 2 is 2.07 bits per heavy atom. The van der Waals surface area contributed by atoms with Crippen LogP contribution in [0.15, 0.2) is 48.9 Å². The smallest absolute Gasteiger partial charge is 0.257 e. The molecule has 3 heterocycles. The fourth-order valence-electron chi connectivity index (χ4n) is 3.52. The van der Waals surface area contributed by atoms with E-state index in [0.717, 1.165) is 22.7 Å². The Morgan fingerprint density at radius 1 is 1.26 bits per heavy atom. The van der Waals surface area contributed by atoms with E-state index in [1.165, 1.54) is 0 Å². The Kier molecular flexibility index (Phi) is 4.50. The highest BCUT2D eigenvalue weighted by Gasteiger charge is 2.32. The normalized spacial score (nSPS) is 15.9. The number of benzene rings is 1. The number of carbonyl (C=O) groups excluding carboxylic acids is 1. The maximum absolute atomic E-state index is 13.2. The number of pyridine rings is 1. The minimum Gasteiger partial charge on any atom is -0.497 e. The number of hydrogen-bond donors (Lipinski definition) is 2. The topological polar surface area (TPSA) is 83.1 Å². The van der Waals surface area contributed by atoms with Gasteiger partial charge in [0.2, 0.25) is 0 Å². The third-order valence-corrected chi connectivity index (χ3v) is 4.91. The van der Waals surface area contributed by atoms with Crippen LogP contribution in [0.1, 0.15) is 33.2 Å². The fourth-order valence-corrected chi connectivity index (χ4v) is 3.52. The Hall–Kier alpha value is -3.35. The van der Waals surface area contributed by atoms with Gasteiger partial charge in [-0.3, -0.25) is 4.79 Å². The molecule has 1 amide bonds. The van der Waals surface area contributed by atoms with Gasteiger partial charge in [0.1, 0.15) is 11.6 Å². The molecule has 3 aromatic rings. The summed E-state index contributed by atoms with van der Waals surface area (Å²) in [6, 6.07) is 11.5. The van der Waals surface area contributed by atoms with Gasteiger partial charge in [-0.15, -0.1) is 0 Å². The first-order chi connectivity index (χ1) is 13.2. The molecule has 7 heteroatoms. The van der Waals surface area contributed by atoms with E-state index in [-0.39, 0.29) is 11.8 Å². The highest BCUT2D eigenvalue weighted by molar-refractivity contribution is 5.98. The van der Waals surface area contributed by atoms with Crippen molar-refractivity contribution in [2.75, 3.05) is 26.0 Å². The SMILES string of the molecule is CNc1ncccc1C(=O)N1Cc2[nH]cnc2C(c2ccc(OC)cc2)C1. The number of amides is 1. The van der Waals surface area contributed by atoms with Crippen LogP contribution < -0.4 is 10.1 Å². The minimum absolute atomic E-state index is 0.00423. The first kappa shape index (κ1) is 17.1. The molecule has 0 aliphatic carbocycles. The molecule has 7 nitrogen and oxygen atoms in total. The average Bonchev–Trinajstić information content (AvgIpc) is 3.21. The third kappa shape index (κ3) is 3.12. The lowest BCUT2D eigenvalue weighted by atomic mass is 9.90. The number of nitrogens with one attached hydrogen (secondary N) is 2. The molecule has 27 heavy (non-hydrogen) atoms. The zero-order valence-electron chi connectivity index (χ0n) is 15.3. The monoisotopic (exact) mass is 363 g/mol. The molecule has 1 unspecified atom stereocenters. The van der Waals surface area contributed by atoms with Crippen LogP contribution in [0.5, 0.6) is 5.75 Å². The zero-order valence-corrected chi connectivity index (χ0v) is 15.3. The van der Waals surface area contributed by atoms with Crippen molar-refractivity contribution >= 4 is 11.7 Å². The van der Waals surface area contributed by atoms with Crippen LogP contribution in [-0.2, 0) is 6.54 Å². The summed E-state index contributed by atoms with van der Waals surface area (Å²) in [6.07, 6.45) is 3.37. The lowest BCUT2D eigenvalue weighted by Gasteiger charge is -2.32. The number of methoxy groups -OCH3 is 1. The van der Waals surface area contributed by atoms with Crippen molar-refractivity contribution < 1.29 is 9.53 Å². The lowest BCUT2D eigenvalue weighted by molar-refractivity contribution is 0.0722. The van der Waals surface area contributed by atoms with Gasteiger partial charge in [0.05, 0.1) is 36.9 Å². The molecule has 0 saturated carbocycles. The van der Waals surface area contributed by atoms with Gasteiger partial charge in [-0.05, 0) is 29.8 Å². The summed E-state index contributed by atoms with van der Waals surface area (Å²) in [5.74, 6) is 1.34. The van der Waals surface area contributed by atoms with Crippen LogP contribution in [0.25, 0.3) is 0 Å². The average molecular weight is 363 g/mol. The van der Waals surface area contributed by atoms with Crippen LogP contribution in [-0.4, -0.2) is 46.5 Å². The van der Waals surface area contributed by atoms with E-state index in [2.05, 4.69) is 20.3 Å². The minimum atomic E-state index is -0.0498. The second kappa shape index (κ2) is 7.11. The van der Waals surface area contributed by atoms with E-state index in [0.29, 0.717) is 24.5 Å². The number of carbonyl (C=O) groups is 1. The van der Waals surface area contributed by atoms with Crippen molar-refractivity contribution in [1.82, 2.24) is 19.9 Å². The van der Waals surface area contributed by atoms with Gasteiger partial charge in [-0.25, -0.2) is 9.97 Å². The first-order valence-electron chi connectivity index (χ1n) is 8.79. The third-order valence-electron chi connectivity index (χ3n) is 4.91. The fraction of sp³-hybridized carbons (Fsp3) is 0.250. The number of aromatic amines is 1. The van der Waals surface area contributed by atoms with Gasteiger partial charge >= 0.3 is 0 Å². The second-order valence-corrected chi connectivity index (χ2v) is 6.43. The Morgan fingerprint density at radius 3 is 2.81 bits per heavy atom. The van der Waals surface area contributed by atoms with Crippen molar-refractivity contribution in [2.45, 2.75) is 12.5 Å². The quantitative estimate of drug-likeness (QED) is 0.745.